The molecule has 7 heteroatoms. The molecule has 1 aliphatic heterocycles. The minimum absolute atomic E-state index is 0.0584. The molecule has 0 saturated carbocycles. The first kappa shape index (κ1) is 19.7. The molecule has 0 amide bonds. The Bertz CT molecular complexity index is 772. The van der Waals surface area contributed by atoms with E-state index in [0.717, 1.165) is 28.9 Å². The van der Waals surface area contributed by atoms with Crippen LogP contribution in [-0.4, -0.2) is 43.7 Å². The monoisotopic (exact) mass is 372 g/mol. The SMILES string of the molecule is CCCOc1cc(-c2cncc([C@@H]3CO[B-](O)(OCC)C3)c2)ccc1OC. The molecule has 2 aromatic rings. The van der Waals surface area contributed by atoms with Crippen molar-refractivity contribution in [2.75, 3.05) is 26.9 Å². The van der Waals surface area contributed by atoms with Gasteiger partial charge in [-0.2, -0.15) is 0 Å². The van der Waals surface area contributed by atoms with Crippen molar-refractivity contribution in [2.24, 2.45) is 0 Å². The maximum Gasteiger partial charge on any atom is 0.377 e. The van der Waals surface area contributed by atoms with Crippen LogP contribution in [0.15, 0.2) is 36.7 Å². The van der Waals surface area contributed by atoms with Gasteiger partial charge in [-0.3, -0.25) is 4.98 Å². The highest BCUT2D eigenvalue weighted by atomic mass is 16.7. The van der Waals surface area contributed by atoms with Crippen molar-refractivity contribution in [1.82, 2.24) is 4.98 Å². The average molecular weight is 372 g/mol. The number of benzene rings is 1. The summed E-state index contributed by atoms with van der Waals surface area (Å²) in [5.41, 5.74) is 3.01. The molecule has 0 aliphatic carbocycles. The molecule has 0 spiro atoms. The summed E-state index contributed by atoms with van der Waals surface area (Å²) in [6.45, 7) is 3.21. The van der Waals surface area contributed by atoms with Gasteiger partial charge in [-0.15, -0.1) is 0 Å². The molecule has 0 bridgehead atoms. The van der Waals surface area contributed by atoms with Gasteiger partial charge in [0, 0.05) is 24.6 Å². The molecule has 1 aromatic heterocycles. The smallest absolute Gasteiger partial charge is 0.377 e. The second-order valence-electron chi connectivity index (χ2n) is 6.77. The van der Waals surface area contributed by atoms with Crippen LogP contribution in [0.4, 0.5) is 0 Å². The second-order valence-corrected chi connectivity index (χ2v) is 6.77. The summed E-state index contributed by atoms with van der Waals surface area (Å²) >= 11 is 0. The second kappa shape index (κ2) is 8.74. The van der Waals surface area contributed by atoms with Crippen LogP contribution < -0.4 is 9.47 Å². The van der Waals surface area contributed by atoms with E-state index in [1.807, 2.05) is 37.5 Å². The maximum absolute atomic E-state index is 10.4. The number of aromatic nitrogens is 1. The topological polar surface area (TPSA) is 70.0 Å². The van der Waals surface area contributed by atoms with E-state index in [-0.39, 0.29) is 5.92 Å². The molecule has 2 atom stereocenters. The van der Waals surface area contributed by atoms with Crippen molar-refractivity contribution in [1.29, 1.82) is 0 Å². The molecular formula is C20H27BNO5-. The summed E-state index contributed by atoms with van der Waals surface area (Å²) < 4.78 is 22.1. The zero-order valence-electron chi connectivity index (χ0n) is 16.2. The summed E-state index contributed by atoms with van der Waals surface area (Å²) in [6.07, 6.45) is 5.02. The standard InChI is InChI=1S/C20H27BNO5/c1-4-8-25-20-10-15(6-7-19(20)24-3)16-9-17(13-22-12-16)18-11-21(23,26-5-2)27-14-18/h6-7,9-10,12-13,18,23H,4-5,8,11,14H2,1-3H3/q-1/t18-,21?/m0/s1. The highest BCUT2D eigenvalue weighted by Gasteiger charge is 2.36. The number of hydrogen-bond acceptors (Lipinski definition) is 6. The van der Waals surface area contributed by atoms with Crippen LogP contribution in [0.1, 0.15) is 31.7 Å². The minimum atomic E-state index is -2.19. The van der Waals surface area contributed by atoms with Gasteiger partial charge in [0.15, 0.2) is 11.5 Å². The fourth-order valence-electron chi connectivity index (χ4n) is 3.39. The molecule has 1 saturated heterocycles. The van der Waals surface area contributed by atoms with E-state index in [4.69, 9.17) is 18.8 Å². The van der Waals surface area contributed by atoms with E-state index in [1.165, 1.54) is 0 Å². The molecule has 146 valence electrons. The van der Waals surface area contributed by atoms with E-state index in [2.05, 4.69) is 18.0 Å². The van der Waals surface area contributed by atoms with Crippen molar-refractivity contribution in [3.8, 4) is 22.6 Å². The van der Waals surface area contributed by atoms with E-state index >= 15 is 0 Å². The zero-order valence-corrected chi connectivity index (χ0v) is 16.2. The first-order chi connectivity index (χ1) is 13.1. The summed E-state index contributed by atoms with van der Waals surface area (Å²) in [4.78, 5) is 4.39. The normalized spacial score (nSPS) is 22.0. The predicted molar refractivity (Wildman–Crippen MR) is 105 cm³/mol. The van der Waals surface area contributed by atoms with Crippen molar-refractivity contribution in [2.45, 2.75) is 32.5 Å². The Kier molecular flexibility index (Phi) is 6.36. The third kappa shape index (κ3) is 4.61. The number of methoxy groups -OCH3 is 1. The summed E-state index contributed by atoms with van der Waals surface area (Å²) in [7, 11) is 1.64. The van der Waals surface area contributed by atoms with Gasteiger partial charge in [0.25, 0.3) is 0 Å². The zero-order chi connectivity index (χ0) is 19.3. The fraction of sp³-hybridized carbons (Fsp3) is 0.450. The van der Waals surface area contributed by atoms with E-state index in [0.29, 0.717) is 31.9 Å². The van der Waals surface area contributed by atoms with E-state index < -0.39 is 6.75 Å². The van der Waals surface area contributed by atoms with Crippen molar-refractivity contribution in [3.05, 3.63) is 42.2 Å². The summed E-state index contributed by atoms with van der Waals surface area (Å²) in [5.74, 6) is 1.49. The quantitative estimate of drug-likeness (QED) is 0.714. The van der Waals surface area contributed by atoms with Crippen molar-refractivity contribution < 1.29 is 23.8 Å². The molecule has 6 nitrogen and oxygen atoms in total. The van der Waals surface area contributed by atoms with Gasteiger partial charge in [-0.1, -0.05) is 19.3 Å². The Hall–Kier alpha value is -2.09. The molecule has 2 heterocycles. The minimum Gasteiger partial charge on any atom is -0.559 e. The predicted octanol–water partition coefficient (Wildman–Crippen LogP) is 3.63. The van der Waals surface area contributed by atoms with Gasteiger partial charge in [-0.05, 0) is 55.2 Å². The van der Waals surface area contributed by atoms with Gasteiger partial charge in [0.1, 0.15) is 0 Å². The molecule has 1 aromatic carbocycles. The molecule has 1 N–H and O–H groups in total. The van der Waals surface area contributed by atoms with Gasteiger partial charge >= 0.3 is 6.75 Å². The molecule has 0 radical (unpaired) electrons. The highest BCUT2D eigenvalue weighted by molar-refractivity contribution is 6.60. The van der Waals surface area contributed by atoms with Gasteiger partial charge in [0.2, 0.25) is 0 Å². The van der Waals surface area contributed by atoms with Crippen LogP contribution in [0.3, 0.4) is 0 Å². The maximum atomic E-state index is 10.4. The van der Waals surface area contributed by atoms with Crippen LogP contribution in [0, 0.1) is 0 Å². The van der Waals surface area contributed by atoms with Gasteiger partial charge < -0.3 is 23.8 Å². The molecule has 1 fully saturated rings. The van der Waals surface area contributed by atoms with Crippen molar-refractivity contribution >= 4 is 6.75 Å². The third-order valence-electron chi connectivity index (χ3n) is 4.76. The van der Waals surface area contributed by atoms with Crippen LogP contribution in [-0.2, 0) is 9.31 Å². The first-order valence-corrected chi connectivity index (χ1v) is 9.50. The molecule has 27 heavy (non-hydrogen) atoms. The number of hydrogen-bond donors (Lipinski definition) is 1. The van der Waals surface area contributed by atoms with E-state index in [9.17, 15) is 5.02 Å². The van der Waals surface area contributed by atoms with Crippen LogP contribution in [0.5, 0.6) is 11.5 Å². The number of nitrogens with zero attached hydrogens (tertiary/aromatic N) is 1. The number of ether oxygens (including phenoxy) is 2. The summed E-state index contributed by atoms with van der Waals surface area (Å²) in [6, 6.07) is 7.95. The number of rotatable bonds is 8. The average Bonchev–Trinajstić information content (AvgIpc) is 3.08. The Morgan fingerprint density at radius 2 is 2.04 bits per heavy atom. The largest absolute Gasteiger partial charge is 0.559 e. The molecular weight excluding hydrogens is 345 g/mol. The molecule has 1 unspecified atom stereocenters. The van der Waals surface area contributed by atoms with E-state index in [1.54, 1.807) is 7.11 Å². The molecule has 1 aliphatic rings. The Labute approximate surface area is 160 Å². The lowest BCUT2D eigenvalue weighted by atomic mass is 9.71. The van der Waals surface area contributed by atoms with Crippen LogP contribution >= 0.6 is 0 Å². The molecule has 3 rings (SSSR count). The lowest BCUT2D eigenvalue weighted by molar-refractivity contribution is 0.130. The van der Waals surface area contributed by atoms with Crippen LogP contribution in [0.2, 0.25) is 6.32 Å². The lowest BCUT2D eigenvalue weighted by Gasteiger charge is -2.28. The Balaban J connectivity index is 1.83. The fourth-order valence-corrected chi connectivity index (χ4v) is 3.39. The first-order valence-electron chi connectivity index (χ1n) is 9.50. The van der Waals surface area contributed by atoms with Crippen molar-refractivity contribution in [3.63, 3.8) is 0 Å². The lowest BCUT2D eigenvalue weighted by Crippen LogP contribution is -2.38. The highest BCUT2D eigenvalue weighted by Crippen LogP contribution is 2.37. The van der Waals surface area contributed by atoms with Gasteiger partial charge in [-0.25, -0.2) is 0 Å². The Morgan fingerprint density at radius 1 is 1.19 bits per heavy atom. The third-order valence-corrected chi connectivity index (χ3v) is 4.76. The number of pyridine rings is 1. The van der Waals surface area contributed by atoms with Crippen LogP contribution in [0.25, 0.3) is 11.1 Å². The summed E-state index contributed by atoms with van der Waals surface area (Å²) in [5, 5.41) is 10.4. The Morgan fingerprint density at radius 3 is 2.78 bits per heavy atom. The van der Waals surface area contributed by atoms with Gasteiger partial charge in [0.05, 0.1) is 13.7 Å².